The summed E-state index contributed by atoms with van der Waals surface area (Å²) in [6, 6.07) is 1.91. The first-order valence-corrected chi connectivity index (χ1v) is 3.68. The number of nitriles is 1. The van der Waals surface area contributed by atoms with E-state index in [1.165, 1.54) is 6.20 Å². The summed E-state index contributed by atoms with van der Waals surface area (Å²) in [5, 5.41) is 8.57. The predicted octanol–water partition coefficient (Wildman–Crippen LogP) is -0.865. The molecule has 1 aromatic rings. The van der Waals surface area contributed by atoms with Crippen molar-refractivity contribution in [3.05, 3.63) is 18.2 Å². The summed E-state index contributed by atoms with van der Waals surface area (Å²) in [4.78, 5) is 14.5. The van der Waals surface area contributed by atoms with Crippen molar-refractivity contribution >= 4 is 5.91 Å². The van der Waals surface area contributed by atoms with Crippen LogP contribution in [0, 0.1) is 11.3 Å². The van der Waals surface area contributed by atoms with Gasteiger partial charge in [-0.15, -0.1) is 0 Å². The summed E-state index contributed by atoms with van der Waals surface area (Å²) in [6.07, 6.45) is 3.39. The molecule has 0 fully saturated rings. The van der Waals surface area contributed by atoms with Crippen LogP contribution in [0.25, 0.3) is 0 Å². The summed E-state index contributed by atoms with van der Waals surface area (Å²) < 4.78 is 1.59. The van der Waals surface area contributed by atoms with Crippen molar-refractivity contribution < 1.29 is 4.79 Å². The Kier molecular flexibility index (Phi) is 3.00. The maximum atomic E-state index is 10.8. The number of carbonyl (C=O) groups is 1. The van der Waals surface area contributed by atoms with Crippen molar-refractivity contribution in [3.63, 3.8) is 0 Å². The second-order valence-electron chi connectivity index (χ2n) is 2.37. The Hall–Kier alpha value is -1.87. The molecule has 0 spiro atoms. The first kappa shape index (κ1) is 9.22. The fraction of sp³-hybridized carbons (Fsp3) is 0.286. The second kappa shape index (κ2) is 4.23. The van der Waals surface area contributed by atoms with Crippen LogP contribution in [0.1, 0.15) is 12.2 Å². The fourth-order valence-electron chi connectivity index (χ4n) is 0.897. The predicted molar refractivity (Wildman–Crippen MR) is 43.9 cm³/mol. The van der Waals surface area contributed by atoms with E-state index in [0.717, 1.165) is 0 Å². The highest BCUT2D eigenvalue weighted by atomic mass is 16.2. The maximum absolute atomic E-state index is 10.8. The van der Waals surface area contributed by atoms with Crippen LogP contribution in [0.3, 0.4) is 0 Å². The Morgan fingerprint density at radius 3 is 3.23 bits per heavy atom. The van der Waals surface area contributed by atoms with Crippen LogP contribution in [-0.2, 0) is 11.3 Å². The quantitative estimate of drug-likeness (QED) is 0.358. The van der Waals surface area contributed by atoms with E-state index in [9.17, 15) is 4.79 Å². The van der Waals surface area contributed by atoms with Crippen LogP contribution in [0.2, 0.25) is 0 Å². The number of hydrogen-bond acceptors (Lipinski definition) is 4. The van der Waals surface area contributed by atoms with Crippen molar-refractivity contribution in [2.45, 2.75) is 13.0 Å². The van der Waals surface area contributed by atoms with Gasteiger partial charge in [0.05, 0.1) is 0 Å². The molecule has 3 N–H and O–H groups in total. The summed E-state index contributed by atoms with van der Waals surface area (Å²) in [5.74, 6) is 4.92. The van der Waals surface area contributed by atoms with Gasteiger partial charge in [0.2, 0.25) is 11.7 Å². The van der Waals surface area contributed by atoms with Crippen molar-refractivity contribution in [2.24, 2.45) is 5.84 Å². The van der Waals surface area contributed by atoms with E-state index in [1.807, 2.05) is 11.5 Å². The number of amides is 1. The number of nitrogens with zero attached hydrogens (tertiary/aromatic N) is 3. The standard InChI is InChI=1S/C7H9N5O/c8-5-6-10-2-4-12(6)3-1-7(13)11-9/h2,4H,1,3,9H2,(H,11,13). The van der Waals surface area contributed by atoms with Crippen molar-refractivity contribution in [3.8, 4) is 6.07 Å². The number of aromatic nitrogens is 2. The third kappa shape index (κ3) is 2.28. The number of nitrogens with two attached hydrogens (primary N) is 1. The van der Waals surface area contributed by atoms with Gasteiger partial charge in [0.25, 0.3) is 0 Å². The summed E-state index contributed by atoms with van der Waals surface area (Å²) in [5.41, 5.74) is 2.01. The van der Waals surface area contributed by atoms with Gasteiger partial charge in [-0.05, 0) is 0 Å². The smallest absolute Gasteiger partial charge is 0.235 e. The Labute approximate surface area is 74.9 Å². The normalized spacial score (nSPS) is 9.23. The average molecular weight is 179 g/mol. The minimum absolute atomic E-state index is 0.238. The first-order chi connectivity index (χ1) is 6.27. The Bertz CT molecular complexity index is 337. The van der Waals surface area contributed by atoms with Crippen LogP contribution in [0.15, 0.2) is 12.4 Å². The highest BCUT2D eigenvalue weighted by Gasteiger charge is 2.03. The van der Waals surface area contributed by atoms with Crippen molar-refractivity contribution in [1.82, 2.24) is 15.0 Å². The minimum Gasteiger partial charge on any atom is -0.322 e. The molecule has 0 aromatic carbocycles. The fourth-order valence-corrected chi connectivity index (χ4v) is 0.897. The van der Waals surface area contributed by atoms with Gasteiger partial charge in [-0.1, -0.05) is 0 Å². The van der Waals surface area contributed by atoms with Crippen molar-refractivity contribution in [2.75, 3.05) is 0 Å². The lowest BCUT2D eigenvalue weighted by atomic mass is 10.4. The van der Waals surface area contributed by atoms with Crippen LogP contribution in [-0.4, -0.2) is 15.5 Å². The molecule has 0 aliphatic carbocycles. The molecule has 13 heavy (non-hydrogen) atoms. The maximum Gasteiger partial charge on any atom is 0.235 e. The molecule has 0 saturated heterocycles. The van der Waals surface area contributed by atoms with Gasteiger partial charge in [0.15, 0.2) is 0 Å². The average Bonchev–Trinajstić information content (AvgIpc) is 2.61. The number of rotatable bonds is 3. The van der Waals surface area contributed by atoms with E-state index < -0.39 is 0 Å². The molecule has 0 aliphatic heterocycles. The topological polar surface area (TPSA) is 96.7 Å². The molecular weight excluding hydrogens is 170 g/mol. The zero-order chi connectivity index (χ0) is 9.68. The van der Waals surface area contributed by atoms with Crippen LogP contribution in [0.4, 0.5) is 0 Å². The van der Waals surface area contributed by atoms with E-state index in [-0.39, 0.29) is 12.3 Å². The third-order valence-electron chi connectivity index (χ3n) is 1.56. The Morgan fingerprint density at radius 1 is 1.85 bits per heavy atom. The van der Waals surface area contributed by atoms with Gasteiger partial charge in [-0.2, -0.15) is 5.26 Å². The molecule has 0 unspecified atom stereocenters. The second-order valence-corrected chi connectivity index (χ2v) is 2.37. The van der Waals surface area contributed by atoms with Gasteiger partial charge in [0, 0.05) is 25.4 Å². The highest BCUT2D eigenvalue weighted by Crippen LogP contribution is 1.96. The number of hydrogen-bond donors (Lipinski definition) is 2. The van der Waals surface area contributed by atoms with Crippen molar-refractivity contribution in [1.29, 1.82) is 5.26 Å². The lowest BCUT2D eigenvalue weighted by molar-refractivity contribution is -0.121. The first-order valence-electron chi connectivity index (χ1n) is 3.68. The zero-order valence-corrected chi connectivity index (χ0v) is 6.90. The van der Waals surface area contributed by atoms with E-state index in [1.54, 1.807) is 10.8 Å². The van der Waals surface area contributed by atoms with Crippen LogP contribution < -0.4 is 11.3 Å². The lowest BCUT2D eigenvalue weighted by Gasteiger charge is -2.01. The molecular formula is C7H9N5O. The molecule has 68 valence electrons. The zero-order valence-electron chi connectivity index (χ0n) is 6.90. The summed E-state index contributed by atoms with van der Waals surface area (Å²) in [7, 11) is 0. The Morgan fingerprint density at radius 2 is 2.62 bits per heavy atom. The molecule has 1 amide bonds. The molecule has 6 nitrogen and oxygen atoms in total. The Balaban J connectivity index is 2.55. The molecule has 0 bridgehead atoms. The molecule has 1 heterocycles. The van der Waals surface area contributed by atoms with Crippen LogP contribution >= 0.6 is 0 Å². The highest BCUT2D eigenvalue weighted by molar-refractivity contribution is 5.75. The largest absolute Gasteiger partial charge is 0.322 e. The van der Waals surface area contributed by atoms with Gasteiger partial charge >= 0.3 is 0 Å². The molecule has 0 saturated carbocycles. The molecule has 1 aromatic heterocycles. The van der Waals surface area contributed by atoms with E-state index in [2.05, 4.69) is 4.98 Å². The summed E-state index contributed by atoms with van der Waals surface area (Å²) in [6.45, 7) is 0.409. The molecule has 6 heteroatoms. The summed E-state index contributed by atoms with van der Waals surface area (Å²) >= 11 is 0. The van der Waals surface area contributed by atoms with Gasteiger partial charge < -0.3 is 4.57 Å². The number of nitrogens with one attached hydrogen (secondary N) is 1. The van der Waals surface area contributed by atoms with E-state index in [0.29, 0.717) is 12.4 Å². The molecule has 0 aliphatic rings. The number of carbonyl (C=O) groups excluding carboxylic acids is 1. The lowest BCUT2D eigenvalue weighted by Crippen LogP contribution is -2.30. The van der Waals surface area contributed by atoms with Gasteiger partial charge in [-0.25, -0.2) is 10.8 Å². The van der Waals surface area contributed by atoms with E-state index in [4.69, 9.17) is 11.1 Å². The number of hydrazine groups is 1. The molecule has 1 rings (SSSR count). The SMILES string of the molecule is N#Cc1nccn1CCC(=O)NN. The van der Waals surface area contributed by atoms with Crippen LogP contribution in [0.5, 0.6) is 0 Å². The number of aryl methyl sites for hydroxylation is 1. The third-order valence-corrected chi connectivity index (χ3v) is 1.56. The van der Waals surface area contributed by atoms with Gasteiger partial charge in [0.1, 0.15) is 6.07 Å². The van der Waals surface area contributed by atoms with E-state index >= 15 is 0 Å². The molecule has 0 atom stereocenters. The monoisotopic (exact) mass is 179 g/mol. The number of imidazole rings is 1. The minimum atomic E-state index is -0.266. The van der Waals surface area contributed by atoms with Gasteiger partial charge in [-0.3, -0.25) is 10.2 Å². The molecule has 0 radical (unpaired) electrons.